The van der Waals surface area contributed by atoms with Gasteiger partial charge >= 0.3 is 39.0 Å². The minimum absolute atomic E-state index is 0. The summed E-state index contributed by atoms with van der Waals surface area (Å²) in [5.41, 5.74) is 10.6. The smallest absolute Gasteiger partial charge is 0.412 e. The van der Waals surface area contributed by atoms with Crippen molar-refractivity contribution in [3.63, 3.8) is 0 Å². The molecule has 0 aliphatic rings. The fourth-order valence-electron chi connectivity index (χ4n) is 0.931. The van der Waals surface area contributed by atoms with Gasteiger partial charge in [0, 0.05) is 36.2 Å². The van der Waals surface area contributed by atoms with E-state index >= 15 is 0 Å². The third kappa shape index (κ3) is 42.5. The molecule has 7 nitrogen and oxygen atoms in total. The number of hydrogen-bond donors (Lipinski definition) is 7. The van der Waals surface area contributed by atoms with E-state index in [0.717, 1.165) is 0 Å². The van der Waals surface area contributed by atoms with Gasteiger partial charge in [-0.25, -0.2) is 5.43 Å². The summed E-state index contributed by atoms with van der Waals surface area (Å²) in [4.78, 5) is 0. The van der Waals surface area contributed by atoms with Gasteiger partial charge in [-0.3, -0.25) is 0 Å². The van der Waals surface area contributed by atoms with Crippen LogP contribution in [0.2, 0.25) is 0 Å². The molecule has 0 saturated heterocycles. The van der Waals surface area contributed by atoms with E-state index in [4.69, 9.17) is 5.73 Å². The third-order valence-electron chi connectivity index (χ3n) is 1.79. The topological polar surface area (TPSA) is 121 Å². The molecule has 157 valence electrons. The van der Waals surface area contributed by atoms with Crippen molar-refractivity contribution in [1.29, 1.82) is 0 Å². The first kappa shape index (κ1) is 48.0. The summed E-state index contributed by atoms with van der Waals surface area (Å²) >= 11 is 37.1. The van der Waals surface area contributed by atoms with Crippen LogP contribution in [0.1, 0.15) is 6.92 Å². The molecule has 0 aromatic carbocycles. The van der Waals surface area contributed by atoms with Crippen molar-refractivity contribution in [2.24, 2.45) is 5.73 Å². The van der Waals surface area contributed by atoms with Crippen molar-refractivity contribution in [3.8, 4) is 0 Å². The molecule has 1 radical (unpaired) electrons. The molecule has 28 heavy (non-hydrogen) atoms. The average molecular weight is 702 g/mol. The third-order valence-corrected chi connectivity index (χ3v) is 2.76. The quantitative estimate of drug-likeness (QED) is 0.0584. The standard InChI is InChI=1S/C5H10N2S4.C4H10N4S4.Mn.H3N.H2S.2Zn/c1-3(7-5(10)11)2-6-4(8)9;5-1-2(6-3(9)10)7-8-4(11)12;;;;;/h3H,2H2,1H3,(H2,6,8,9)(H2,7,10,11);2,7H,1,5H2,(H2,6,9,10)(H2,8,11,12);;1H3;1H2;;/q;;;;;2*+2/p-4. The maximum atomic E-state index is 5.36. The van der Waals surface area contributed by atoms with Gasteiger partial charge in [-0.2, -0.15) is 13.5 Å². The van der Waals surface area contributed by atoms with E-state index in [-0.39, 0.29) is 96.5 Å². The van der Waals surface area contributed by atoms with Crippen LogP contribution < -0.4 is 38.7 Å². The zero-order valence-corrected chi connectivity index (χ0v) is 29.6. The Bertz CT molecular complexity index is 425. The molecule has 0 rings (SSSR count). The monoisotopic (exact) mass is 698 g/mol. The summed E-state index contributed by atoms with van der Waals surface area (Å²) in [6, 6.07) is 0.167. The van der Waals surface area contributed by atoms with E-state index in [9.17, 15) is 0 Å². The van der Waals surface area contributed by atoms with Crippen LogP contribution in [0.5, 0.6) is 0 Å². The summed E-state index contributed by atoms with van der Waals surface area (Å²) in [7, 11) is 0. The van der Waals surface area contributed by atoms with Crippen LogP contribution in [-0.4, -0.2) is 42.6 Å². The maximum absolute atomic E-state index is 5.36. The van der Waals surface area contributed by atoms with Gasteiger partial charge < -0.3 is 133 Å². The van der Waals surface area contributed by atoms with E-state index in [0.29, 0.717) is 21.7 Å². The van der Waals surface area contributed by atoms with Gasteiger partial charge in [-0.1, -0.05) is 13.0 Å². The molecule has 0 spiro atoms. The summed E-state index contributed by atoms with van der Waals surface area (Å²) in [6.45, 7) is 2.92. The van der Waals surface area contributed by atoms with E-state index in [1.54, 1.807) is 0 Å². The average Bonchev–Trinajstić information content (AvgIpc) is 2.40. The molecule has 0 fully saturated rings. The van der Waals surface area contributed by atoms with E-state index < -0.39 is 0 Å². The fraction of sp³-hybridized carbons (Fsp3) is 0.556. The summed E-state index contributed by atoms with van der Waals surface area (Å²) in [5, 5.41) is 8.43. The molecule has 0 saturated carbocycles. The second-order valence-electron chi connectivity index (χ2n) is 3.78. The molecular weight excluding hydrogens is 680 g/mol. The number of nitrogens with one attached hydrogen (secondary N) is 5. The second kappa shape index (κ2) is 31.6. The number of thiocarbonyl (C=S) groups is 4. The molecular formula is C9H21MnN7S9Zn2. The molecule has 2 unspecified atom stereocenters. The van der Waals surface area contributed by atoms with Crippen molar-refractivity contribution in [3.05, 3.63) is 0 Å². The van der Waals surface area contributed by atoms with E-state index in [1.165, 1.54) is 0 Å². The second-order valence-corrected chi connectivity index (χ2v) is 8.08. The predicted molar refractivity (Wildman–Crippen MR) is 138 cm³/mol. The zero-order valence-electron chi connectivity index (χ0n) is 14.9. The molecule has 0 aliphatic carbocycles. The molecule has 2 atom stereocenters. The minimum Gasteiger partial charge on any atom is -0.412 e. The van der Waals surface area contributed by atoms with Gasteiger partial charge in [0.15, 0.2) is 0 Å². The van der Waals surface area contributed by atoms with Gasteiger partial charge in [0.25, 0.3) is 0 Å². The zero-order chi connectivity index (χ0) is 18.4. The first-order valence-corrected chi connectivity index (χ1v) is 9.17. The molecule has 0 aromatic heterocycles. The Morgan fingerprint density at radius 2 is 1.32 bits per heavy atom. The van der Waals surface area contributed by atoms with Crippen LogP contribution in [0.3, 0.4) is 0 Å². The van der Waals surface area contributed by atoms with Crippen molar-refractivity contribution in [2.75, 3.05) is 13.1 Å². The van der Waals surface area contributed by atoms with Crippen molar-refractivity contribution in [2.45, 2.75) is 19.1 Å². The van der Waals surface area contributed by atoms with E-state index in [1.807, 2.05) is 6.92 Å². The van der Waals surface area contributed by atoms with Crippen LogP contribution in [0.15, 0.2) is 0 Å². The minimum atomic E-state index is -0.254. The van der Waals surface area contributed by atoms with Crippen LogP contribution in [0.4, 0.5) is 0 Å². The molecule has 0 heterocycles. The SMILES string of the molecule is CC(CNC(=S)[S-])NC(=S)[S-].N.NCC(NNC(=S)[S-])NC(=S)[S-].S.[Mn].[Zn+2].[Zn+2]. The van der Waals surface area contributed by atoms with Crippen LogP contribution in [0.25, 0.3) is 0 Å². The predicted octanol–water partition coefficient (Wildman–Crippen LogP) is -0.896. The van der Waals surface area contributed by atoms with Crippen molar-refractivity contribution in [1.82, 2.24) is 33.0 Å². The van der Waals surface area contributed by atoms with Crippen LogP contribution >= 0.6 is 62.4 Å². The van der Waals surface area contributed by atoms with Gasteiger partial charge in [-0.05, 0) is 11.2 Å². The Labute approximate surface area is 253 Å². The number of hydrazine groups is 1. The van der Waals surface area contributed by atoms with Gasteiger partial charge in [-0.15, -0.1) is 0 Å². The van der Waals surface area contributed by atoms with Gasteiger partial charge in [0.05, 0.1) is 0 Å². The Morgan fingerprint density at radius 3 is 1.61 bits per heavy atom. The first-order valence-electron chi connectivity index (χ1n) is 5.90. The number of nitrogens with two attached hydrogens (primary N) is 1. The normalized spacial score (nSPS) is 9.64. The largest absolute Gasteiger partial charge is 2.00 e. The maximum Gasteiger partial charge on any atom is 2.00 e. The molecule has 0 amide bonds. The Balaban J connectivity index is -0.0000000536. The van der Waals surface area contributed by atoms with Crippen LogP contribution in [0, 0.1) is 0 Å². The summed E-state index contributed by atoms with van der Waals surface area (Å²) < 4.78 is 1.20. The van der Waals surface area contributed by atoms with Crippen LogP contribution in [-0.2, 0) is 107 Å². The summed E-state index contributed by atoms with van der Waals surface area (Å²) in [6.07, 6.45) is -0.254. The van der Waals surface area contributed by atoms with E-state index in [2.05, 4.69) is 126 Å². The van der Waals surface area contributed by atoms with Gasteiger partial charge in [0.1, 0.15) is 6.17 Å². The number of hydrogen-bond acceptors (Lipinski definition) is 11. The Hall–Kier alpha value is 2.44. The Morgan fingerprint density at radius 1 is 0.893 bits per heavy atom. The molecule has 0 aliphatic heterocycles. The molecule has 0 bridgehead atoms. The van der Waals surface area contributed by atoms with Crippen molar-refractivity contribution >= 4 is 130 Å². The van der Waals surface area contributed by atoms with Crippen molar-refractivity contribution < 1.29 is 56.0 Å². The Kier molecular flexibility index (Phi) is 54.2. The molecule has 10 N–H and O–H groups in total. The first-order chi connectivity index (χ1) is 10.6. The number of rotatable bonds is 7. The van der Waals surface area contributed by atoms with Gasteiger partial charge in [0.2, 0.25) is 0 Å². The molecule has 0 aromatic rings. The molecule has 19 heteroatoms. The fourth-order valence-corrected chi connectivity index (χ4v) is 1.90. The summed E-state index contributed by atoms with van der Waals surface area (Å²) in [5.74, 6) is 0.